The first-order valence-corrected chi connectivity index (χ1v) is 9.60. The highest BCUT2D eigenvalue weighted by molar-refractivity contribution is 9.10. The van der Waals surface area contributed by atoms with E-state index in [4.69, 9.17) is 9.47 Å². The molecular formula is C21H21BrO2S. The van der Waals surface area contributed by atoms with E-state index in [-0.39, 0.29) is 0 Å². The number of halogens is 1. The molecule has 0 aromatic heterocycles. The number of methoxy groups -OCH3 is 2. The fraction of sp³-hybridized carbons (Fsp3) is 0.143. The fourth-order valence-electron chi connectivity index (χ4n) is 2.08. The lowest BCUT2D eigenvalue weighted by Crippen LogP contribution is -1.86. The maximum Gasteiger partial charge on any atom is 0.133 e. The summed E-state index contributed by atoms with van der Waals surface area (Å²) in [6.45, 7) is 0. The summed E-state index contributed by atoms with van der Waals surface area (Å²) in [6, 6.07) is 26.3. The molecule has 0 N–H and O–H groups in total. The van der Waals surface area contributed by atoms with Crippen LogP contribution in [0.4, 0.5) is 0 Å². The van der Waals surface area contributed by atoms with Gasteiger partial charge in [-0.15, -0.1) is 11.8 Å². The zero-order valence-electron chi connectivity index (χ0n) is 14.3. The van der Waals surface area contributed by atoms with Gasteiger partial charge in [0.1, 0.15) is 11.5 Å². The van der Waals surface area contributed by atoms with E-state index in [2.05, 4.69) is 46.3 Å². The van der Waals surface area contributed by atoms with E-state index in [1.54, 1.807) is 26.0 Å². The first-order chi connectivity index (χ1) is 12.2. The third-order valence-corrected chi connectivity index (χ3v) is 5.14. The van der Waals surface area contributed by atoms with Gasteiger partial charge in [0.25, 0.3) is 0 Å². The number of rotatable bonds is 5. The van der Waals surface area contributed by atoms with E-state index in [1.807, 2.05) is 48.5 Å². The molecule has 0 aliphatic rings. The van der Waals surface area contributed by atoms with E-state index in [0.717, 1.165) is 21.7 Å². The van der Waals surface area contributed by atoms with Crippen LogP contribution in [-0.2, 0) is 5.75 Å². The fourth-order valence-corrected chi connectivity index (χ4v) is 3.51. The highest BCUT2D eigenvalue weighted by atomic mass is 79.9. The molecule has 0 aliphatic carbocycles. The van der Waals surface area contributed by atoms with Crippen molar-refractivity contribution in [2.24, 2.45) is 0 Å². The maximum absolute atomic E-state index is 5.31. The molecule has 2 nitrogen and oxygen atoms in total. The van der Waals surface area contributed by atoms with Crippen LogP contribution in [0.3, 0.4) is 0 Å². The van der Waals surface area contributed by atoms with Gasteiger partial charge in [-0.3, -0.25) is 0 Å². The first-order valence-electron chi connectivity index (χ1n) is 7.83. The predicted molar refractivity (Wildman–Crippen MR) is 110 cm³/mol. The van der Waals surface area contributed by atoms with Gasteiger partial charge in [0, 0.05) is 10.6 Å². The van der Waals surface area contributed by atoms with Crippen LogP contribution in [0, 0.1) is 0 Å². The summed E-state index contributed by atoms with van der Waals surface area (Å²) in [5.74, 6) is 2.79. The van der Waals surface area contributed by atoms with Gasteiger partial charge >= 0.3 is 0 Å². The second-order valence-corrected chi connectivity index (χ2v) is 6.93. The summed E-state index contributed by atoms with van der Waals surface area (Å²) in [6.07, 6.45) is 0. The minimum absolute atomic E-state index is 0.873. The molecule has 0 bridgehead atoms. The number of benzene rings is 3. The average molecular weight is 417 g/mol. The molecule has 0 radical (unpaired) electrons. The Hall–Kier alpha value is -1.91. The Morgan fingerprint density at radius 1 is 0.720 bits per heavy atom. The van der Waals surface area contributed by atoms with Crippen LogP contribution >= 0.6 is 27.7 Å². The number of hydrogen-bond acceptors (Lipinski definition) is 3. The molecule has 3 aromatic rings. The summed E-state index contributed by atoms with van der Waals surface area (Å²) >= 11 is 5.13. The summed E-state index contributed by atoms with van der Waals surface area (Å²) in [5, 5.41) is 0. The minimum atomic E-state index is 0.873. The molecular weight excluding hydrogens is 396 g/mol. The lowest BCUT2D eigenvalue weighted by atomic mass is 10.2. The summed E-state index contributed by atoms with van der Waals surface area (Å²) in [5.41, 5.74) is 1.33. The van der Waals surface area contributed by atoms with Crippen LogP contribution in [0.15, 0.2) is 88.2 Å². The van der Waals surface area contributed by atoms with Gasteiger partial charge in [-0.2, -0.15) is 0 Å². The van der Waals surface area contributed by atoms with Gasteiger partial charge < -0.3 is 9.47 Å². The normalized spacial score (nSPS) is 9.72. The molecule has 130 valence electrons. The molecule has 3 rings (SSSR count). The Kier molecular flexibility index (Phi) is 8.43. The van der Waals surface area contributed by atoms with Gasteiger partial charge in [-0.05, 0) is 45.8 Å². The third kappa shape index (κ3) is 6.48. The largest absolute Gasteiger partial charge is 0.496 e. The summed E-state index contributed by atoms with van der Waals surface area (Å²) in [4.78, 5) is 1.19. The van der Waals surface area contributed by atoms with Crippen molar-refractivity contribution in [3.8, 4) is 11.5 Å². The minimum Gasteiger partial charge on any atom is -0.496 e. The Bertz CT molecular complexity index is 763. The molecule has 0 saturated heterocycles. The van der Waals surface area contributed by atoms with E-state index in [1.165, 1.54) is 10.5 Å². The van der Waals surface area contributed by atoms with Crippen molar-refractivity contribution < 1.29 is 9.47 Å². The van der Waals surface area contributed by atoms with Crippen LogP contribution < -0.4 is 9.47 Å². The summed E-state index contributed by atoms with van der Waals surface area (Å²) < 4.78 is 11.3. The van der Waals surface area contributed by atoms with Crippen molar-refractivity contribution in [3.05, 3.63) is 88.9 Å². The number of thioether (sulfide) groups is 1. The van der Waals surface area contributed by atoms with E-state index in [0.29, 0.717) is 0 Å². The van der Waals surface area contributed by atoms with E-state index < -0.39 is 0 Å². The lowest BCUT2D eigenvalue weighted by molar-refractivity contribution is 0.405. The number of para-hydroxylation sites is 2. The predicted octanol–water partition coefficient (Wildman–Crippen LogP) is 6.45. The molecule has 0 amide bonds. The highest BCUT2D eigenvalue weighted by Gasteiger charge is 2.02. The molecule has 0 heterocycles. The molecule has 0 saturated carbocycles. The van der Waals surface area contributed by atoms with Crippen LogP contribution in [0.25, 0.3) is 0 Å². The Balaban J connectivity index is 0.000000212. The SMILES string of the molecule is COc1ccccc1Br.COc1ccccc1SCc1ccccc1. The second-order valence-electron chi connectivity index (χ2n) is 5.06. The van der Waals surface area contributed by atoms with Crippen LogP contribution in [-0.4, -0.2) is 14.2 Å². The van der Waals surface area contributed by atoms with Crippen molar-refractivity contribution in [1.29, 1.82) is 0 Å². The van der Waals surface area contributed by atoms with Gasteiger partial charge in [0.05, 0.1) is 18.7 Å². The molecule has 0 fully saturated rings. The van der Waals surface area contributed by atoms with Crippen LogP contribution in [0.5, 0.6) is 11.5 Å². The van der Waals surface area contributed by atoms with Crippen molar-refractivity contribution in [2.45, 2.75) is 10.6 Å². The highest BCUT2D eigenvalue weighted by Crippen LogP contribution is 2.31. The van der Waals surface area contributed by atoms with Crippen LogP contribution in [0.2, 0.25) is 0 Å². The smallest absolute Gasteiger partial charge is 0.133 e. The quantitative estimate of drug-likeness (QED) is 0.445. The molecule has 0 unspecified atom stereocenters. The van der Waals surface area contributed by atoms with Gasteiger partial charge in [0.2, 0.25) is 0 Å². The van der Waals surface area contributed by atoms with Crippen molar-refractivity contribution in [1.82, 2.24) is 0 Å². The molecule has 25 heavy (non-hydrogen) atoms. The lowest BCUT2D eigenvalue weighted by Gasteiger charge is -2.07. The average Bonchev–Trinajstić information content (AvgIpc) is 2.68. The number of hydrogen-bond donors (Lipinski definition) is 0. The molecule has 4 heteroatoms. The van der Waals surface area contributed by atoms with Crippen molar-refractivity contribution >= 4 is 27.7 Å². The van der Waals surface area contributed by atoms with E-state index >= 15 is 0 Å². The maximum atomic E-state index is 5.31. The van der Waals surface area contributed by atoms with Gasteiger partial charge in [-0.25, -0.2) is 0 Å². The topological polar surface area (TPSA) is 18.5 Å². The molecule has 0 atom stereocenters. The van der Waals surface area contributed by atoms with Crippen molar-refractivity contribution in [3.63, 3.8) is 0 Å². The molecule has 3 aromatic carbocycles. The van der Waals surface area contributed by atoms with Crippen molar-refractivity contribution in [2.75, 3.05) is 14.2 Å². The number of ether oxygens (including phenoxy) is 2. The standard InChI is InChI=1S/C14H14OS.C7H7BrO/c1-15-13-9-5-6-10-14(13)16-11-12-7-3-2-4-8-12;1-9-7-5-3-2-4-6(7)8/h2-10H,11H2,1H3;2-5H,1H3. The van der Waals surface area contributed by atoms with Gasteiger partial charge in [-0.1, -0.05) is 54.6 Å². The molecule has 0 spiro atoms. The van der Waals surface area contributed by atoms with Gasteiger partial charge in [0.15, 0.2) is 0 Å². The Labute approximate surface area is 162 Å². The van der Waals surface area contributed by atoms with Crippen LogP contribution in [0.1, 0.15) is 5.56 Å². The molecule has 0 aliphatic heterocycles. The monoisotopic (exact) mass is 416 g/mol. The Morgan fingerprint density at radius 2 is 1.28 bits per heavy atom. The first kappa shape index (κ1) is 19.4. The van der Waals surface area contributed by atoms with E-state index in [9.17, 15) is 0 Å². The Morgan fingerprint density at radius 3 is 1.88 bits per heavy atom. The zero-order chi connectivity index (χ0) is 17.9. The third-order valence-electron chi connectivity index (χ3n) is 3.36. The second kappa shape index (κ2) is 10.9. The summed E-state index contributed by atoms with van der Waals surface area (Å²) in [7, 11) is 3.36. The zero-order valence-corrected chi connectivity index (χ0v) is 16.7.